The standard InChI is InChI=1S/C20H16FNO4/c21-13-8-6-12(7-9-13)17-16-18(24)14-4-1-2-5-15(14)26-19(16)20(25)22(17)10-3-11-23/h1-2,4-9,17,23H,3,10-11H2/t17-/m0/s1. The highest BCUT2D eigenvalue weighted by atomic mass is 19.1. The Bertz CT molecular complexity index is 1040. The van der Waals surface area contributed by atoms with Crippen LogP contribution < -0.4 is 5.43 Å². The van der Waals surface area contributed by atoms with Gasteiger partial charge in [-0.3, -0.25) is 9.59 Å². The van der Waals surface area contributed by atoms with E-state index in [1.54, 1.807) is 36.4 Å². The first-order chi connectivity index (χ1) is 12.6. The topological polar surface area (TPSA) is 70.8 Å². The van der Waals surface area contributed by atoms with Gasteiger partial charge >= 0.3 is 0 Å². The first-order valence-corrected chi connectivity index (χ1v) is 8.35. The number of halogens is 1. The molecule has 1 aromatic heterocycles. The molecule has 0 fully saturated rings. The second kappa shape index (κ2) is 6.38. The summed E-state index contributed by atoms with van der Waals surface area (Å²) in [6, 6.07) is 11.8. The molecular weight excluding hydrogens is 337 g/mol. The van der Waals surface area contributed by atoms with Crippen LogP contribution in [0.4, 0.5) is 4.39 Å². The summed E-state index contributed by atoms with van der Waals surface area (Å²) in [5, 5.41) is 9.56. The maximum absolute atomic E-state index is 13.3. The number of rotatable bonds is 4. The minimum absolute atomic E-state index is 0.0148. The van der Waals surface area contributed by atoms with Crippen molar-refractivity contribution in [1.29, 1.82) is 0 Å². The van der Waals surface area contributed by atoms with Gasteiger partial charge in [0.2, 0.25) is 5.76 Å². The molecule has 6 heteroatoms. The highest BCUT2D eigenvalue weighted by molar-refractivity contribution is 5.99. The SMILES string of the molecule is O=C1c2oc3ccccc3c(=O)c2[C@H](c2ccc(F)cc2)N1CCCO. The van der Waals surface area contributed by atoms with Gasteiger partial charge in [0.1, 0.15) is 11.4 Å². The number of carbonyl (C=O) groups is 1. The van der Waals surface area contributed by atoms with Crippen LogP contribution in [0.2, 0.25) is 0 Å². The molecule has 0 radical (unpaired) electrons. The minimum atomic E-state index is -0.662. The number of benzene rings is 2. The van der Waals surface area contributed by atoms with Crippen LogP contribution in [0, 0.1) is 5.82 Å². The van der Waals surface area contributed by atoms with Crippen molar-refractivity contribution in [2.75, 3.05) is 13.2 Å². The van der Waals surface area contributed by atoms with Crippen LogP contribution in [-0.2, 0) is 0 Å². The Kier molecular flexibility index (Phi) is 4.05. The van der Waals surface area contributed by atoms with Crippen molar-refractivity contribution in [1.82, 2.24) is 4.90 Å². The number of aliphatic hydroxyl groups excluding tert-OH is 1. The van der Waals surface area contributed by atoms with Crippen molar-refractivity contribution in [3.63, 3.8) is 0 Å². The van der Waals surface area contributed by atoms with Gasteiger partial charge in [-0.1, -0.05) is 24.3 Å². The molecule has 0 saturated carbocycles. The van der Waals surface area contributed by atoms with Gasteiger partial charge in [-0.2, -0.15) is 0 Å². The van der Waals surface area contributed by atoms with Crippen LogP contribution in [0.15, 0.2) is 57.7 Å². The summed E-state index contributed by atoms with van der Waals surface area (Å²) >= 11 is 0. The molecule has 0 spiro atoms. The van der Waals surface area contributed by atoms with E-state index < -0.39 is 17.8 Å². The zero-order chi connectivity index (χ0) is 18.3. The molecule has 132 valence electrons. The average molecular weight is 353 g/mol. The molecule has 1 aliphatic rings. The third-order valence-electron chi connectivity index (χ3n) is 4.62. The van der Waals surface area contributed by atoms with Crippen molar-refractivity contribution in [3.05, 3.63) is 81.5 Å². The van der Waals surface area contributed by atoms with Gasteiger partial charge in [-0.15, -0.1) is 0 Å². The maximum atomic E-state index is 13.3. The Labute approximate surface area is 148 Å². The summed E-state index contributed by atoms with van der Waals surface area (Å²) in [6.07, 6.45) is 0.366. The molecular formula is C20H16FNO4. The molecule has 0 saturated heterocycles. The summed E-state index contributed by atoms with van der Waals surface area (Å²) in [5.74, 6) is -0.780. The van der Waals surface area contributed by atoms with Gasteiger partial charge < -0.3 is 14.4 Å². The average Bonchev–Trinajstić information content (AvgIpc) is 2.93. The zero-order valence-corrected chi connectivity index (χ0v) is 13.8. The number of fused-ring (bicyclic) bond motifs is 2. The van der Waals surface area contributed by atoms with Gasteiger partial charge in [0.25, 0.3) is 5.91 Å². The summed E-state index contributed by atoms with van der Waals surface area (Å²) in [4.78, 5) is 27.5. The van der Waals surface area contributed by atoms with Crippen molar-refractivity contribution in [2.24, 2.45) is 0 Å². The number of hydrogen-bond donors (Lipinski definition) is 1. The zero-order valence-electron chi connectivity index (χ0n) is 13.8. The summed E-state index contributed by atoms with van der Waals surface area (Å²) in [5.41, 5.74) is 0.972. The first kappa shape index (κ1) is 16.5. The normalized spacial score (nSPS) is 16.3. The van der Waals surface area contributed by atoms with Gasteiger partial charge in [0, 0.05) is 13.2 Å². The van der Waals surface area contributed by atoms with E-state index in [1.165, 1.54) is 17.0 Å². The smallest absolute Gasteiger partial charge is 0.290 e. The van der Waals surface area contributed by atoms with Crippen molar-refractivity contribution < 1.29 is 18.7 Å². The molecule has 2 heterocycles. The summed E-state index contributed by atoms with van der Waals surface area (Å²) in [6.45, 7) is 0.178. The van der Waals surface area contributed by atoms with E-state index in [4.69, 9.17) is 9.52 Å². The van der Waals surface area contributed by atoms with Crippen molar-refractivity contribution >= 4 is 16.9 Å². The van der Waals surface area contributed by atoms with E-state index in [2.05, 4.69) is 0 Å². The molecule has 3 aromatic rings. The highest BCUT2D eigenvalue weighted by Crippen LogP contribution is 2.38. The lowest BCUT2D eigenvalue weighted by molar-refractivity contribution is 0.0716. The highest BCUT2D eigenvalue weighted by Gasteiger charge is 2.42. The van der Waals surface area contributed by atoms with E-state index >= 15 is 0 Å². The van der Waals surface area contributed by atoms with Crippen LogP contribution in [0.5, 0.6) is 0 Å². The first-order valence-electron chi connectivity index (χ1n) is 8.35. The Morgan fingerprint density at radius 3 is 2.54 bits per heavy atom. The Morgan fingerprint density at radius 2 is 1.81 bits per heavy atom. The third-order valence-corrected chi connectivity index (χ3v) is 4.62. The van der Waals surface area contributed by atoms with E-state index in [-0.39, 0.29) is 29.9 Å². The molecule has 1 aliphatic heterocycles. The van der Waals surface area contributed by atoms with Crippen LogP contribution in [0.1, 0.15) is 34.1 Å². The summed E-state index contributed by atoms with van der Waals surface area (Å²) in [7, 11) is 0. The molecule has 2 aromatic carbocycles. The Morgan fingerprint density at radius 1 is 1.08 bits per heavy atom. The number of amides is 1. The quantitative estimate of drug-likeness (QED) is 0.783. The number of hydrogen-bond acceptors (Lipinski definition) is 4. The predicted octanol–water partition coefficient (Wildman–Crippen LogP) is 2.86. The lowest BCUT2D eigenvalue weighted by Gasteiger charge is -2.24. The fourth-order valence-corrected chi connectivity index (χ4v) is 3.43. The number of aliphatic hydroxyl groups is 1. The van der Waals surface area contributed by atoms with Crippen molar-refractivity contribution in [2.45, 2.75) is 12.5 Å². The Balaban J connectivity index is 1.96. The lowest BCUT2D eigenvalue weighted by atomic mass is 9.98. The summed E-state index contributed by atoms with van der Waals surface area (Å²) < 4.78 is 19.1. The molecule has 0 bridgehead atoms. The fourth-order valence-electron chi connectivity index (χ4n) is 3.43. The molecule has 4 rings (SSSR count). The second-order valence-electron chi connectivity index (χ2n) is 6.20. The van der Waals surface area contributed by atoms with Crippen LogP contribution >= 0.6 is 0 Å². The maximum Gasteiger partial charge on any atom is 0.290 e. The Hall–Kier alpha value is -2.99. The van der Waals surface area contributed by atoms with Crippen molar-refractivity contribution in [3.8, 4) is 0 Å². The molecule has 0 aliphatic carbocycles. The van der Waals surface area contributed by atoms with Gasteiger partial charge in [-0.05, 0) is 36.2 Å². The minimum Gasteiger partial charge on any atom is -0.450 e. The second-order valence-corrected chi connectivity index (χ2v) is 6.20. The van der Waals surface area contributed by atoms with Gasteiger partial charge in [-0.25, -0.2) is 4.39 Å². The van der Waals surface area contributed by atoms with E-state index in [0.29, 0.717) is 23.0 Å². The van der Waals surface area contributed by atoms with E-state index in [9.17, 15) is 14.0 Å². The van der Waals surface area contributed by atoms with Crippen LogP contribution in [0.25, 0.3) is 11.0 Å². The third kappa shape index (κ3) is 2.50. The number of nitrogens with zero attached hydrogens (tertiary/aromatic N) is 1. The number of para-hydroxylation sites is 1. The van der Waals surface area contributed by atoms with E-state index in [0.717, 1.165) is 0 Å². The number of carbonyl (C=O) groups excluding carboxylic acids is 1. The molecule has 26 heavy (non-hydrogen) atoms. The fraction of sp³-hybridized carbons (Fsp3) is 0.200. The molecule has 0 unspecified atom stereocenters. The molecule has 1 N–H and O–H groups in total. The molecule has 1 atom stereocenters. The van der Waals surface area contributed by atoms with Gasteiger partial charge in [0.05, 0.1) is 17.0 Å². The molecule has 1 amide bonds. The largest absolute Gasteiger partial charge is 0.450 e. The van der Waals surface area contributed by atoms with Crippen LogP contribution in [0.3, 0.4) is 0 Å². The van der Waals surface area contributed by atoms with Crippen LogP contribution in [-0.4, -0.2) is 29.1 Å². The molecule has 5 nitrogen and oxygen atoms in total. The monoisotopic (exact) mass is 353 g/mol. The lowest BCUT2D eigenvalue weighted by Crippen LogP contribution is -2.31. The van der Waals surface area contributed by atoms with E-state index in [1.807, 2.05) is 0 Å². The van der Waals surface area contributed by atoms with Gasteiger partial charge in [0.15, 0.2) is 5.43 Å². The predicted molar refractivity (Wildman–Crippen MR) is 93.5 cm³/mol.